The molecule has 4 N–H and O–H groups in total. The number of nitrogens with one attached hydrogen (secondary N) is 2. The van der Waals surface area contributed by atoms with Gasteiger partial charge in [-0.15, -0.1) is 0 Å². The van der Waals surface area contributed by atoms with Crippen LogP contribution in [0.5, 0.6) is 11.8 Å². The Morgan fingerprint density at radius 2 is 2.19 bits per heavy atom. The molecule has 1 aromatic carbocycles. The first kappa shape index (κ1) is 18.8. The van der Waals surface area contributed by atoms with Gasteiger partial charge in [0, 0.05) is 30.1 Å². The van der Waals surface area contributed by atoms with E-state index < -0.39 is 11.9 Å². The second-order valence-electron chi connectivity index (χ2n) is 6.24. The van der Waals surface area contributed by atoms with Gasteiger partial charge in [-0.3, -0.25) is 19.5 Å². The molecular formula is C18H20N4O4S. The van der Waals surface area contributed by atoms with Crippen molar-refractivity contribution < 1.29 is 19.8 Å². The van der Waals surface area contributed by atoms with Crippen molar-refractivity contribution >= 4 is 46.1 Å². The highest BCUT2D eigenvalue weighted by Gasteiger charge is 2.33. The van der Waals surface area contributed by atoms with Crippen LogP contribution in [0.15, 0.2) is 23.2 Å². The number of hydrogen-bond donors (Lipinski definition) is 4. The van der Waals surface area contributed by atoms with Gasteiger partial charge in [0.05, 0.1) is 5.39 Å². The fraction of sp³-hybridized carbons (Fsp3) is 0.333. The summed E-state index contributed by atoms with van der Waals surface area (Å²) in [5.74, 6) is -1.42. The van der Waals surface area contributed by atoms with Crippen molar-refractivity contribution in [2.75, 3.05) is 6.54 Å². The summed E-state index contributed by atoms with van der Waals surface area (Å²) in [5.41, 5.74) is 0.548. The van der Waals surface area contributed by atoms with Gasteiger partial charge in [-0.1, -0.05) is 19.1 Å². The molecule has 2 heterocycles. The van der Waals surface area contributed by atoms with Crippen LogP contribution in [0.1, 0.15) is 37.8 Å². The normalized spacial score (nSPS) is 17.4. The summed E-state index contributed by atoms with van der Waals surface area (Å²) in [5, 5.41) is 27.6. The fourth-order valence-corrected chi connectivity index (χ4v) is 3.25. The number of fused-ring (bicyclic) bond motifs is 1. The van der Waals surface area contributed by atoms with Crippen molar-refractivity contribution in [1.29, 1.82) is 0 Å². The van der Waals surface area contributed by atoms with Crippen LogP contribution in [-0.2, 0) is 9.59 Å². The number of aliphatic imine (C=N–C) groups is 1. The Kier molecular flexibility index (Phi) is 5.41. The van der Waals surface area contributed by atoms with E-state index in [1.165, 1.54) is 6.21 Å². The molecule has 0 radical (unpaired) electrons. The summed E-state index contributed by atoms with van der Waals surface area (Å²) in [4.78, 5) is 27.7. The predicted octanol–water partition coefficient (Wildman–Crippen LogP) is 1.73. The van der Waals surface area contributed by atoms with Crippen LogP contribution < -0.4 is 10.6 Å². The molecule has 0 bridgehead atoms. The highest BCUT2D eigenvalue weighted by Crippen LogP contribution is 2.41. The van der Waals surface area contributed by atoms with Gasteiger partial charge in [0.2, 0.25) is 23.6 Å². The Morgan fingerprint density at radius 1 is 1.41 bits per heavy atom. The van der Waals surface area contributed by atoms with Crippen molar-refractivity contribution in [1.82, 2.24) is 15.2 Å². The number of carbonyl (C=O) groups excluding carboxylic acids is 2. The first-order valence-electron chi connectivity index (χ1n) is 8.64. The van der Waals surface area contributed by atoms with Crippen molar-refractivity contribution in [3.63, 3.8) is 0 Å². The van der Waals surface area contributed by atoms with Gasteiger partial charge in [0.1, 0.15) is 6.04 Å². The van der Waals surface area contributed by atoms with Gasteiger partial charge in [-0.25, -0.2) is 4.99 Å². The van der Waals surface area contributed by atoms with Crippen molar-refractivity contribution in [3.8, 4) is 11.8 Å². The van der Waals surface area contributed by atoms with E-state index in [2.05, 4.69) is 15.6 Å². The molecule has 1 unspecified atom stereocenters. The Hall–Kier alpha value is -2.94. The summed E-state index contributed by atoms with van der Waals surface area (Å²) in [7, 11) is 0. The molecule has 0 saturated carbocycles. The van der Waals surface area contributed by atoms with Crippen LogP contribution in [0.2, 0.25) is 0 Å². The molecule has 1 atom stereocenters. The second-order valence-corrected chi connectivity index (χ2v) is 6.63. The summed E-state index contributed by atoms with van der Waals surface area (Å²) in [6, 6.07) is 4.20. The number of carbonyl (C=O) groups is 2. The molecule has 0 spiro atoms. The third-order valence-corrected chi connectivity index (χ3v) is 4.64. The molecule has 2 amide bonds. The molecule has 1 fully saturated rings. The standard InChI is InChI=1S/C18H20N4O4S/c1-2-8-19-18(27)20-9-10-4-3-5-11-14(10)17(26)22(16(11)25)12-6-7-13(23)21-15(12)24/h3-5,9,12,25-26H,2,6-8H2,1H3,(H,19,27)(H,21,23,24). The molecule has 1 saturated heterocycles. The number of imide groups is 1. The van der Waals surface area contributed by atoms with Crippen LogP contribution >= 0.6 is 12.2 Å². The lowest BCUT2D eigenvalue weighted by atomic mass is 10.1. The van der Waals surface area contributed by atoms with Gasteiger partial charge >= 0.3 is 0 Å². The largest absolute Gasteiger partial charge is 0.494 e. The smallest absolute Gasteiger partial charge is 0.249 e. The maximum Gasteiger partial charge on any atom is 0.249 e. The van der Waals surface area contributed by atoms with Crippen LogP contribution in [0.3, 0.4) is 0 Å². The van der Waals surface area contributed by atoms with E-state index in [-0.39, 0.29) is 30.5 Å². The van der Waals surface area contributed by atoms with E-state index in [1.807, 2.05) is 6.92 Å². The van der Waals surface area contributed by atoms with Gasteiger partial charge in [0.15, 0.2) is 5.11 Å². The van der Waals surface area contributed by atoms with E-state index in [1.54, 1.807) is 18.2 Å². The highest BCUT2D eigenvalue weighted by atomic mass is 32.1. The molecule has 3 rings (SSSR count). The molecule has 1 aliphatic heterocycles. The zero-order valence-electron chi connectivity index (χ0n) is 14.7. The lowest BCUT2D eigenvalue weighted by Crippen LogP contribution is -2.41. The lowest BCUT2D eigenvalue weighted by molar-refractivity contribution is -0.135. The zero-order chi connectivity index (χ0) is 19.6. The van der Waals surface area contributed by atoms with Gasteiger partial charge in [0.25, 0.3) is 0 Å². The number of nitrogens with zero attached hydrogens (tertiary/aromatic N) is 2. The monoisotopic (exact) mass is 388 g/mol. The number of thiocarbonyl (C=S) groups is 1. The van der Waals surface area contributed by atoms with E-state index in [4.69, 9.17) is 12.2 Å². The first-order valence-corrected chi connectivity index (χ1v) is 9.05. The van der Waals surface area contributed by atoms with E-state index in [9.17, 15) is 19.8 Å². The zero-order valence-corrected chi connectivity index (χ0v) is 15.5. The molecule has 1 aliphatic rings. The number of rotatable bonds is 4. The maximum absolute atomic E-state index is 12.2. The molecule has 8 nitrogen and oxygen atoms in total. The second kappa shape index (κ2) is 7.75. The number of piperidine rings is 1. The molecular weight excluding hydrogens is 368 g/mol. The number of aromatic nitrogens is 1. The number of hydrogen-bond acceptors (Lipinski definition) is 5. The Balaban J connectivity index is 2.02. The third kappa shape index (κ3) is 3.63. The van der Waals surface area contributed by atoms with Crippen LogP contribution in [-0.4, -0.2) is 44.5 Å². The molecule has 1 aromatic heterocycles. The Labute approximate surface area is 160 Å². The SMILES string of the molecule is CCCNC(=S)N=Cc1cccc2c(O)n(C3CCC(=O)NC3=O)c(O)c12. The van der Waals surface area contributed by atoms with E-state index in [0.29, 0.717) is 28.0 Å². The average Bonchev–Trinajstić information content (AvgIpc) is 2.90. The van der Waals surface area contributed by atoms with E-state index >= 15 is 0 Å². The van der Waals surface area contributed by atoms with Crippen molar-refractivity contribution in [2.24, 2.45) is 4.99 Å². The quantitative estimate of drug-likeness (QED) is 0.360. The number of benzene rings is 1. The molecule has 142 valence electrons. The van der Waals surface area contributed by atoms with Crippen LogP contribution in [0.25, 0.3) is 10.8 Å². The molecule has 2 aromatic rings. The topological polar surface area (TPSA) is 116 Å². The highest BCUT2D eigenvalue weighted by molar-refractivity contribution is 7.80. The minimum Gasteiger partial charge on any atom is -0.494 e. The minimum absolute atomic E-state index is 0.134. The third-order valence-electron chi connectivity index (χ3n) is 4.39. The molecule has 0 aliphatic carbocycles. The lowest BCUT2D eigenvalue weighted by Gasteiger charge is -2.23. The van der Waals surface area contributed by atoms with Gasteiger partial charge < -0.3 is 15.5 Å². The fourth-order valence-electron chi connectivity index (χ4n) is 3.09. The molecule has 9 heteroatoms. The Morgan fingerprint density at radius 3 is 2.89 bits per heavy atom. The summed E-state index contributed by atoms with van der Waals surface area (Å²) < 4.78 is 1.15. The first-order chi connectivity index (χ1) is 12.9. The van der Waals surface area contributed by atoms with Gasteiger partial charge in [-0.05, 0) is 31.1 Å². The number of amides is 2. The van der Waals surface area contributed by atoms with E-state index in [0.717, 1.165) is 11.0 Å². The Bertz CT molecular complexity index is 950. The van der Waals surface area contributed by atoms with Gasteiger partial charge in [-0.2, -0.15) is 0 Å². The minimum atomic E-state index is -0.868. The molecule has 27 heavy (non-hydrogen) atoms. The predicted molar refractivity (Wildman–Crippen MR) is 105 cm³/mol. The summed E-state index contributed by atoms with van der Waals surface area (Å²) in [6.07, 6.45) is 2.74. The number of aromatic hydroxyl groups is 2. The summed E-state index contributed by atoms with van der Waals surface area (Å²) >= 11 is 5.12. The van der Waals surface area contributed by atoms with Crippen molar-refractivity contribution in [3.05, 3.63) is 23.8 Å². The van der Waals surface area contributed by atoms with Crippen molar-refractivity contribution in [2.45, 2.75) is 32.2 Å². The van der Waals surface area contributed by atoms with Crippen LogP contribution in [0, 0.1) is 0 Å². The van der Waals surface area contributed by atoms with Crippen LogP contribution in [0.4, 0.5) is 0 Å². The summed E-state index contributed by atoms with van der Waals surface area (Å²) in [6.45, 7) is 2.72. The maximum atomic E-state index is 12.2. The average molecular weight is 388 g/mol.